The molecule has 0 saturated heterocycles. The quantitative estimate of drug-likeness (QED) is 0.938. The maximum Gasteiger partial charge on any atom is 0.136 e. The van der Waals surface area contributed by atoms with E-state index in [1.165, 1.54) is 0 Å². The molecule has 3 nitrogen and oxygen atoms in total. The molecule has 0 aliphatic carbocycles. The Bertz CT molecular complexity index is 578. The van der Waals surface area contributed by atoms with Crippen LogP contribution in [-0.2, 0) is 6.42 Å². The Balaban J connectivity index is 2.54. The lowest BCUT2D eigenvalue weighted by molar-refractivity contribution is 0.856. The zero-order valence-electron chi connectivity index (χ0n) is 10.4. The predicted molar refractivity (Wildman–Crippen MR) is 78.5 cm³/mol. The molecule has 0 saturated carbocycles. The van der Waals surface area contributed by atoms with Crippen molar-refractivity contribution in [2.75, 3.05) is 6.54 Å². The van der Waals surface area contributed by atoms with Crippen LogP contribution in [0.25, 0.3) is 5.69 Å². The van der Waals surface area contributed by atoms with Gasteiger partial charge in [-0.1, -0.05) is 27.5 Å². The highest BCUT2D eigenvalue weighted by molar-refractivity contribution is 9.10. The van der Waals surface area contributed by atoms with E-state index in [1.54, 1.807) is 4.68 Å². The Morgan fingerprint density at radius 3 is 2.72 bits per heavy atom. The first-order valence-corrected chi connectivity index (χ1v) is 6.92. The van der Waals surface area contributed by atoms with E-state index in [4.69, 9.17) is 17.3 Å². The monoisotopic (exact) mass is 327 g/mol. The fraction of sp³-hybridized carbons (Fsp3) is 0.308. The van der Waals surface area contributed by atoms with Crippen LogP contribution in [-0.4, -0.2) is 16.3 Å². The van der Waals surface area contributed by atoms with Gasteiger partial charge < -0.3 is 5.73 Å². The zero-order chi connectivity index (χ0) is 13.3. The van der Waals surface area contributed by atoms with Gasteiger partial charge in [0.15, 0.2) is 0 Å². The first kappa shape index (κ1) is 13.6. The van der Waals surface area contributed by atoms with Crippen LogP contribution in [0.15, 0.2) is 22.7 Å². The van der Waals surface area contributed by atoms with Gasteiger partial charge in [-0.3, -0.25) is 0 Å². The number of hydrogen-bond donors (Lipinski definition) is 1. The third-order valence-corrected chi connectivity index (χ3v) is 3.78. The second-order valence-electron chi connectivity index (χ2n) is 4.24. The number of rotatable bonds is 3. The average Bonchev–Trinajstić information content (AvgIpc) is 2.58. The van der Waals surface area contributed by atoms with E-state index in [1.807, 2.05) is 32.0 Å². The third kappa shape index (κ3) is 2.46. The Hall–Kier alpha value is -0.840. The molecule has 0 fully saturated rings. The Kier molecular flexibility index (Phi) is 4.10. The van der Waals surface area contributed by atoms with Gasteiger partial charge in [0, 0.05) is 10.0 Å². The van der Waals surface area contributed by atoms with Gasteiger partial charge in [-0.25, -0.2) is 4.68 Å². The van der Waals surface area contributed by atoms with Crippen LogP contribution in [0.4, 0.5) is 0 Å². The highest BCUT2D eigenvalue weighted by Crippen LogP contribution is 2.26. The lowest BCUT2D eigenvalue weighted by Crippen LogP contribution is -2.04. The van der Waals surface area contributed by atoms with Crippen molar-refractivity contribution in [2.24, 2.45) is 5.73 Å². The third-order valence-electron chi connectivity index (χ3n) is 2.90. The number of aryl methyl sites for hydroxylation is 2. The molecule has 0 bridgehead atoms. The van der Waals surface area contributed by atoms with Gasteiger partial charge in [-0.05, 0) is 50.6 Å². The molecular formula is C13H15BrClN3. The first-order valence-electron chi connectivity index (χ1n) is 5.75. The molecule has 1 aromatic heterocycles. The number of halogens is 2. The minimum Gasteiger partial charge on any atom is -0.330 e. The summed E-state index contributed by atoms with van der Waals surface area (Å²) in [7, 11) is 0. The molecule has 0 spiro atoms. The molecule has 2 rings (SSSR count). The maximum absolute atomic E-state index is 6.39. The van der Waals surface area contributed by atoms with Crippen LogP contribution in [0, 0.1) is 13.8 Å². The van der Waals surface area contributed by atoms with Crippen molar-refractivity contribution in [3.8, 4) is 5.69 Å². The molecule has 0 aliphatic rings. The van der Waals surface area contributed by atoms with Gasteiger partial charge >= 0.3 is 0 Å². The minimum absolute atomic E-state index is 0.575. The molecule has 0 amide bonds. The second-order valence-corrected chi connectivity index (χ2v) is 5.51. The summed E-state index contributed by atoms with van der Waals surface area (Å²) in [5, 5.41) is 5.16. The summed E-state index contributed by atoms with van der Waals surface area (Å²) < 4.78 is 2.83. The topological polar surface area (TPSA) is 43.8 Å². The molecule has 1 aromatic carbocycles. The molecule has 2 aromatic rings. The molecule has 0 unspecified atom stereocenters. The van der Waals surface area contributed by atoms with Gasteiger partial charge in [0.2, 0.25) is 0 Å². The Labute approximate surface area is 120 Å². The summed E-state index contributed by atoms with van der Waals surface area (Å²) in [5.74, 6) is 0. The van der Waals surface area contributed by atoms with E-state index in [2.05, 4.69) is 21.0 Å². The van der Waals surface area contributed by atoms with Crippen LogP contribution >= 0.6 is 27.5 Å². The van der Waals surface area contributed by atoms with Crippen molar-refractivity contribution < 1.29 is 0 Å². The predicted octanol–water partition coefficient (Wildman–Crippen LogP) is 3.41. The summed E-state index contributed by atoms with van der Waals surface area (Å²) in [6.45, 7) is 4.57. The Morgan fingerprint density at radius 1 is 1.39 bits per heavy atom. The lowest BCUT2D eigenvalue weighted by Gasteiger charge is -2.07. The summed E-state index contributed by atoms with van der Waals surface area (Å²) in [5.41, 5.74) is 9.67. The molecular weight excluding hydrogens is 314 g/mol. The van der Waals surface area contributed by atoms with E-state index in [-0.39, 0.29) is 0 Å². The average molecular weight is 329 g/mol. The molecule has 0 aliphatic heterocycles. The van der Waals surface area contributed by atoms with Gasteiger partial charge in [-0.2, -0.15) is 5.10 Å². The standard InChI is InChI=1S/C13H15BrClN3/c1-8-7-10(14)3-4-12(8)18-13(15)11(5-6-16)9(2)17-18/h3-4,7H,5-6,16H2,1-2H3. The highest BCUT2D eigenvalue weighted by atomic mass is 79.9. The van der Waals surface area contributed by atoms with Crippen LogP contribution < -0.4 is 5.73 Å². The smallest absolute Gasteiger partial charge is 0.136 e. The largest absolute Gasteiger partial charge is 0.330 e. The molecule has 5 heteroatoms. The highest BCUT2D eigenvalue weighted by Gasteiger charge is 2.15. The van der Waals surface area contributed by atoms with E-state index in [0.29, 0.717) is 11.7 Å². The molecule has 96 valence electrons. The minimum atomic E-state index is 0.575. The van der Waals surface area contributed by atoms with Gasteiger partial charge in [-0.15, -0.1) is 0 Å². The van der Waals surface area contributed by atoms with Crippen LogP contribution in [0.3, 0.4) is 0 Å². The van der Waals surface area contributed by atoms with Crippen molar-refractivity contribution >= 4 is 27.5 Å². The van der Waals surface area contributed by atoms with Gasteiger partial charge in [0.1, 0.15) is 5.15 Å². The molecule has 2 N–H and O–H groups in total. The van der Waals surface area contributed by atoms with Gasteiger partial charge in [0.25, 0.3) is 0 Å². The van der Waals surface area contributed by atoms with Crippen molar-refractivity contribution in [1.82, 2.24) is 9.78 Å². The number of nitrogens with two attached hydrogens (primary N) is 1. The zero-order valence-corrected chi connectivity index (χ0v) is 12.7. The van der Waals surface area contributed by atoms with Crippen molar-refractivity contribution in [3.63, 3.8) is 0 Å². The Morgan fingerprint density at radius 2 is 2.11 bits per heavy atom. The first-order chi connectivity index (χ1) is 8.54. The number of benzene rings is 1. The SMILES string of the molecule is Cc1cc(Br)ccc1-n1nc(C)c(CCN)c1Cl. The van der Waals surface area contributed by atoms with Crippen molar-refractivity contribution in [2.45, 2.75) is 20.3 Å². The normalized spacial score (nSPS) is 10.9. The summed E-state index contributed by atoms with van der Waals surface area (Å²) in [4.78, 5) is 0. The number of aromatic nitrogens is 2. The van der Waals surface area contributed by atoms with Crippen LogP contribution in [0.5, 0.6) is 0 Å². The molecule has 1 heterocycles. The molecule has 0 radical (unpaired) electrons. The van der Waals surface area contributed by atoms with E-state index in [0.717, 1.165) is 33.4 Å². The van der Waals surface area contributed by atoms with E-state index < -0.39 is 0 Å². The maximum atomic E-state index is 6.39. The van der Waals surface area contributed by atoms with E-state index >= 15 is 0 Å². The van der Waals surface area contributed by atoms with Crippen molar-refractivity contribution in [1.29, 1.82) is 0 Å². The fourth-order valence-corrected chi connectivity index (χ4v) is 2.81. The summed E-state index contributed by atoms with van der Waals surface area (Å²) in [6, 6.07) is 6.04. The van der Waals surface area contributed by atoms with Crippen LogP contribution in [0.1, 0.15) is 16.8 Å². The van der Waals surface area contributed by atoms with Crippen molar-refractivity contribution in [3.05, 3.63) is 44.6 Å². The summed E-state index contributed by atoms with van der Waals surface area (Å²) >= 11 is 9.84. The van der Waals surface area contributed by atoms with Crippen LogP contribution in [0.2, 0.25) is 5.15 Å². The fourth-order valence-electron chi connectivity index (χ4n) is 1.98. The second kappa shape index (κ2) is 5.43. The number of nitrogens with zero attached hydrogens (tertiary/aromatic N) is 2. The summed E-state index contributed by atoms with van der Waals surface area (Å²) in [6.07, 6.45) is 0.750. The number of hydrogen-bond acceptors (Lipinski definition) is 2. The molecule has 0 atom stereocenters. The van der Waals surface area contributed by atoms with Gasteiger partial charge in [0.05, 0.1) is 11.4 Å². The molecule has 18 heavy (non-hydrogen) atoms. The van der Waals surface area contributed by atoms with E-state index in [9.17, 15) is 0 Å². The lowest BCUT2D eigenvalue weighted by atomic mass is 10.2.